The van der Waals surface area contributed by atoms with Gasteiger partial charge in [-0.3, -0.25) is 9.10 Å². The van der Waals surface area contributed by atoms with Gasteiger partial charge in [-0.25, -0.2) is 12.8 Å². The monoisotopic (exact) mass is 436 g/mol. The number of nitrogens with one attached hydrogen (secondary N) is 1. The number of carbonyl (C=O) groups excluding carboxylic acids is 1. The molecule has 5 nitrogen and oxygen atoms in total. The van der Waals surface area contributed by atoms with Crippen LogP contribution in [0.2, 0.25) is 0 Å². The Hall–Kier alpha value is -2.36. The van der Waals surface area contributed by atoms with Gasteiger partial charge in [-0.05, 0) is 60.2 Å². The van der Waals surface area contributed by atoms with Gasteiger partial charge >= 0.3 is 0 Å². The first-order chi connectivity index (χ1) is 13.3. The van der Waals surface area contributed by atoms with E-state index in [0.29, 0.717) is 11.4 Å². The summed E-state index contributed by atoms with van der Waals surface area (Å²) in [6.45, 7) is 0. The van der Waals surface area contributed by atoms with Crippen LogP contribution in [-0.4, -0.2) is 27.6 Å². The highest BCUT2D eigenvalue weighted by atomic mass is 32.2. The summed E-state index contributed by atoms with van der Waals surface area (Å²) in [5.74, 6) is -0.961. The standard InChI is InChI=1S/C19H17FN2O3S3/c1-22(15-8-6-13(20)7-9-15)28(24,25)17-10-11-27-18(17)19(23)21-14-4-3-5-16(12-14)26-2/h3-12H,1-2H3,(H,21,23). The first-order valence-corrected chi connectivity index (χ1v) is 11.6. The highest BCUT2D eigenvalue weighted by Gasteiger charge is 2.28. The van der Waals surface area contributed by atoms with Crippen molar-refractivity contribution in [1.82, 2.24) is 0 Å². The summed E-state index contributed by atoms with van der Waals surface area (Å²) in [5.41, 5.74) is 0.882. The maximum Gasteiger partial charge on any atom is 0.267 e. The molecule has 3 aromatic rings. The summed E-state index contributed by atoms with van der Waals surface area (Å²) in [5, 5.41) is 4.30. The Bertz CT molecular complexity index is 1100. The largest absolute Gasteiger partial charge is 0.321 e. The molecule has 0 aliphatic carbocycles. The van der Waals surface area contributed by atoms with Gasteiger partial charge in [0, 0.05) is 17.6 Å². The lowest BCUT2D eigenvalue weighted by Gasteiger charge is -2.19. The molecular formula is C19H17FN2O3S3. The van der Waals surface area contributed by atoms with Gasteiger partial charge in [-0.1, -0.05) is 6.07 Å². The summed E-state index contributed by atoms with van der Waals surface area (Å²) in [6.07, 6.45) is 1.93. The molecule has 0 bridgehead atoms. The number of amides is 1. The summed E-state index contributed by atoms with van der Waals surface area (Å²) in [4.78, 5) is 13.7. The molecule has 0 spiro atoms. The van der Waals surface area contributed by atoms with Gasteiger partial charge in [0.2, 0.25) is 0 Å². The number of benzene rings is 2. The molecule has 0 aliphatic heterocycles. The molecule has 0 fully saturated rings. The van der Waals surface area contributed by atoms with Crippen LogP contribution in [0, 0.1) is 5.82 Å². The predicted molar refractivity (Wildman–Crippen MR) is 112 cm³/mol. The van der Waals surface area contributed by atoms with Crippen molar-refractivity contribution in [2.45, 2.75) is 9.79 Å². The van der Waals surface area contributed by atoms with E-state index >= 15 is 0 Å². The lowest BCUT2D eigenvalue weighted by atomic mass is 10.3. The van der Waals surface area contributed by atoms with Crippen molar-refractivity contribution in [2.24, 2.45) is 0 Å². The fourth-order valence-corrected chi connectivity index (χ4v) is 5.44. The Morgan fingerprint density at radius 3 is 2.54 bits per heavy atom. The molecule has 3 rings (SSSR count). The average molecular weight is 437 g/mol. The van der Waals surface area contributed by atoms with Crippen LogP contribution in [-0.2, 0) is 10.0 Å². The van der Waals surface area contributed by atoms with Crippen LogP contribution in [0.4, 0.5) is 15.8 Å². The summed E-state index contributed by atoms with van der Waals surface area (Å²) in [7, 11) is -2.62. The molecule has 1 amide bonds. The number of rotatable bonds is 6. The minimum Gasteiger partial charge on any atom is -0.321 e. The van der Waals surface area contributed by atoms with Gasteiger partial charge in [-0.2, -0.15) is 0 Å². The Morgan fingerprint density at radius 1 is 1.14 bits per heavy atom. The minimum atomic E-state index is -3.99. The molecule has 28 heavy (non-hydrogen) atoms. The molecule has 1 aromatic heterocycles. The van der Waals surface area contributed by atoms with Gasteiger partial charge in [0.1, 0.15) is 15.6 Å². The lowest BCUT2D eigenvalue weighted by molar-refractivity contribution is 0.102. The van der Waals surface area contributed by atoms with Gasteiger partial charge in [-0.15, -0.1) is 23.1 Å². The van der Waals surface area contributed by atoms with E-state index in [1.165, 1.54) is 49.1 Å². The molecule has 0 saturated carbocycles. The van der Waals surface area contributed by atoms with Crippen LogP contribution in [0.25, 0.3) is 0 Å². The van der Waals surface area contributed by atoms with Crippen LogP contribution >= 0.6 is 23.1 Å². The number of thiophene rings is 1. The zero-order valence-corrected chi connectivity index (χ0v) is 17.5. The number of anilines is 2. The molecule has 0 saturated heterocycles. The molecule has 0 aliphatic rings. The maximum atomic E-state index is 13.1. The third-order valence-corrected chi connectivity index (χ3v) is 7.59. The van der Waals surface area contributed by atoms with E-state index in [1.807, 2.05) is 24.5 Å². The van der Waals surface area contributed by atoms with E-state index in [2.05, 4.69) is 5.32 Å². The Morgan fingerprint density at radius 2 is 1.86 bits per heavy atom. The topological polar surface area (TPSA) is 66.5 Å². The molecule has 2 aromatic carbocycles. The normalized spacial score (nSPS) is 11.2. The van der Waals surface area contributed by atoms with Gasteiger partial charge in [0.15, 0.2) is 0 Å². The minimum absolute atomic E-state index is 0.0866. The highest BCUT2D eigenvalue weighted by Crippen LogP contribution is 2.29. The lowest BCUT2D eigenvalue weighted by Crippen LogP contribution is -2.28. The fraction of sp³-hybridized carbons (Fsp3) is 0.105. The highest BCUT2D eigenvalue weighted by molar-refractivity contribution is 7.98. The second-order valence-electron chi connectivity index (χ2n) is 5.75. The quantitative estimate of drug-likeness (QED) is 0.570. The second kappa shape index (κ2) is 8.34. The van der Waals surface area contributed by atoms with Crippen molar-refractivity contribution < 1.29 is 17.6 Å². The SMILES string of the molecule is CSc1cccc(NC(=O)c2sccc2S(=O)(=O)N(C)c2ccc(F)cc2)c1. The molecule has 1 heterocycles. The Labute approximate surface area is 171 Å². The van der Waals surface area contributed by atoms with Crippen molar-refractivity contribution in [2.75, 3.05) is 22.9 Å². The van der Waals surface area contributed by atoms with Crippen molar-refractivity contribution in [3.63, 3.8) is 0 Å². The molecule has 146 valence electrons. The summed E-state index contributed by atoms with van der Waals surface area (Å²) < 4.78 is 40.2. The number of hydrogen-bond acceptors (Lipinski definition) is 5. The van der Waals surface area contributed by atoms with E-state index < -0.39 is 21.7 Å². The molecule has 0 atom stereocenters. The van der Waals surface area contributed by atoms with E-state index in [4.69, 9.17) is 0 Å². The summed E-state index contributed by atoms with van der Waals surface area (Å²) >= 11 is 2.59. The van der Waals surface area contributed by atoms with Gasteiger partial charge < -0.3 is 5.32 Å². The zero-order valence-electron chi connectivity index (χ0n) is 15.0. The smallest absolute Gasteiger partial charge is 0.267 e. The van der Waals surface area contributed by atoms with E-state index in [9.17, 15) is 17.6 Å². The van der Waals surface area contributed by atoms with Crippen molar-refractivity contribution in [1.29, 1.82) is 0 Å². The fourth-order valence-electron chi connectivity index (χ4n) is 2.49. The number of carbonyl (C=O) groups is 1. The molecule has 0 radical (unpaired) electrons. The number of hydrogen-bond donors (Lipinski definition) is 1. The zero-order chi connectivity index (χ0) is 20.3. The van der Waals surface area contributed by atoms with Crippen LogP contribution in [0.1, 0.15) is 9.67 Å². The van der Waals surface area contributed by atoms with Gasteiger partial charge in [0.25, 0.3) is 15.9 Å². The molecular weight excluding hydrogens is 419 g/mol. The van der Waals surface area contributed by atoms with Crippen molar-refractivity contribution >= 4 is 50.4 Å². The number of thioether (sulfide) groups is 1. The van der Waals surface area contributed by atoms with E-state index in [1.54, 1.807) is 11.4 Å². The van der Waals surface area contributed by atoms with E-state index in [-0.39, 0.29) is 9.77 Å². The molecule has 1 N–H and O–H groups in total. The maximum absolute atomic E-state index is 13.1. The first kappa shape index (κ1) is 20.4. The Balaban J connectivity index is 1.89. The van der Waals surface area contributed by atoms with Crippen molar-refractivity contribution in [3.8, 4) is 0 Å². The average Bonchev–Trinajstić information content (AvgIpc) is 3.19. The second-order valence-corrected chi connectivity index (χ2v) is 9.48. The van der Waals surface area contributed by atoms with Crippen LogP contribution < -0.4 is 9.62 Å². The summed E-state index contributed by atoms with van der Waals surface area (Å²) in [6, 6.07) is 13.8. The van der Waals surface area contributed by atoms with Crippen LogP contribution in [0.15, 0.2) is 69.8 Å². The van der Waals surface area contributed by atoms with Crippen molar-refractivity contribution in [3.05, 3.63) is 70.7 Å². The third kappa shape index (κ3) is 4.21. The number of halogens is 1. The van der Waals surface area contributed by atoms with Crippen LogP contribution in [0.5, 0.6) is 0 Å². The van der Waals surface area contributed by atoms with Gasteiger partial charge in [0.05, 0.1) is 5.69 Å². The number of sulfonamides is 1. The molecule has 0 unspecified atom stereocenters. The predicted octanol–water partition coefficient (Wildman–Crippen LogP) is 4.69. The first-order valence-electron chi connectivity index (χ1n) is 8.10. The molecule has 9 heteroatoms. The third-order valence-electron chi connectivity index (χ3n) is 3.99. The Kier molecular flexibility index (Phi) is 6.07. The number of nitrogens with zero attached hydrogens (tertiary/aromatic N) is 1. The van der Waals surface area contributed by atoms with E-state index in [0.717, 1.165) is 20.5 Å². The van der Waals surface area contributed by atoms with Crippen LogP contribution in [0.3, 0.4) is 0 Å².